The van der Waals surface area contributed by atoms with Crippen molar-refractivity contribution in [2.24, 2.45) is 0 Å². The number of aromatic nitrogens is 3. The van der Waals surface area contributed by atoms with Crippen LogP contribution in [0.3, 0.4) is 0 Å². The number of aromatic carboxylic acids is 1. The fraction of sp³-hybridized carbons (Fsp3) is 0.0769. The Morgan fingerprint density at radius 1 is 1.25 bits per heavy atom. The Hall–Kier alpha value is -2.54. The molecular formula is C13H9N3O3S. The van der Waals surface area contributed by atoms with Gasteiger partial charge in [-0.25, -0.2) is 9.78 Å². The molecule has 3 rings (SSSR count). The van der Waals surface area contributed by atoms with Crippen molar-refractivity contribution in [2.75, 3.05) is 0 Å². The highest BCUT2D eigenvalue weighted by Gasteiger charge is 2.13. The van der Waals surface area contributed by atoms with Crippen molar-refractivity contribution in [3.63, 3.8) is 0 Å². The maximum absolute atomic E-state index is 10.7. The molecule has 7 heteroatoms. The molecule has 1 aromatic carbocycles. The van der Waals surface area contributed by atoms with Crippen LogP contribution in [0.1, 0.15) is 21.4 Å². The van der Waals surface area contributed by atoms with Crippen LogP contribution in [0.15, 0.2) is 41.0 Å². The van der Waals surface area contributed by atoms with Crippen molar-refractivity contribution in [3.8, 4) is 10.6 Å². The summed E-state index contributed by atoms with van der Waals surface area (Å²) >= 11 is 1.43. The molecule has 0 unspecified atom stereocenters. The molecule has 0 atom stereocenters. The number of rotatable bonds is 4. The zero-order valence-electron chi connectivity index (χ0n) is 10.2. The maximum atomic E-state index is 10.7. The monoisotopic (exact) mass is 287 g/mol. The first-order valence-corrected chi connectivity index (χ1v) is 6.59. The Bertz CT molecular complexity index is 736. The minimum Gasteiger partial charge on any atom is -0.476 e. The molecule has 0 aliphatic carbocycles. The van der Waals surface area contributed by atoms with E-state index in [1.165, 1.54) is 11.3 Å². The van der Waals surface area contributed by atoms with E-state index in [2.05, 4.69) is 15.2 Å². The van der Waals surface area contributed by atoms with E-state index in [4.69, 9.17) is 9.52 Å². The number of hydrogen-bond acceptors (Lipinski definition) is 6. The molecule has 6 nitrogen and oxygen atoms in total. The third-order valence-corrected chi connectivity index (χ3v) is 3.53. The van der Waals surface area contributed by atoms with Gasteiger partial charge in [0.15, 0.2) is 5.69 Å². The summed E-state index contributed by atoms with van der Waals surface area (Å²) in [4.78, 5) is 14.6. The molecule has 0 aliphatic heterocycles. The van der Waals surface area contributed by atoms with Crippen molar-refractivity contribution < 1.29 is 14.3 Å². The van der Waals surface area contributed by atoms with Gasteiger partial charge in [-0.1, -0.05) is 41.7 Å². The van der Waals surface area contributed by atoms with Crippen LogP contribution in [0, 0.1) is 0 Å². The predicted molar refractivity (Wildman–Crippen MR) is 71.6 cm³/mol. The molecule has 0 radical (unpaired) electrons. The van der Waals surface area contributed by atoms with Crippen LogP contribution in [-0.2, 0) is 6.42 Å². The van der Waals surface area contributed by atoms with E-state index in [0.717, 1.165) is 21.8 Å². The van der Waals surface area contributed by atoms with Crippen LogP contribution in [0.2, 0.25) is 0 Å². The highest BCUT2D eigenvalue weighted by atomic mass is 32.1. The largest absolute Gasteiger partial charge is 0.476 e. The van der Waals surface area contributed by atoms with Crippen molar-refractivity contribution >= 4 is 17.3 Å². The Labute approximate surface area is 117 Å². The number of carboxylic acid groups (broad SMARTS) is 1. The Kier molecular flexibility index (Phi) is 3.26. The minimum absolute atomic E-state index is 0.104. The topological polar surface area (TPSA) is 89.1 Å². The number of benzene rings is 1. The van der Waals surface area contributed by atoms with E-state index in [-0.39, 0.29) is 5.69 Å². The molecule has 0 saturated heterocycles. The first kappa shape index (κ1) is 12.5. The first-order valence-electron chi connectivity index (χ1n) is 5.78. The third kappa shape index (κ3) is 2.57. The van der Waals surface area contributed by atoms with Gasteiger partial charge in [-0.3, -0.25) is 0 Å². The van der Waals surface area contributed by atoms with Crippen LogP contribution in [-0.4, -0.2) is 26.3 Å². The average Bonchev–Trinajstić information content (AvgIpc) is 3.10. The summed E-state index contributed by atoms with van der Waals surface area (Å²) in [7, 11) is 0. The molecule has 2 heterocycles. The molecule has 3 aromatic rings. The Balaban J connectivity index is 1.78. The van der Waals surface area contributed by atoms with Gasteiger partial charge in [-0.05, 0) is 0 Å². The third-order valence-electron chi connectivity index (χ3n) is 2.56. The lowest BCUT2D eigenvalue weighted by Gasteiger charge is -1.91. The van der Waals surface area contributed by atoms with Gasteiger partial charge in [0.1, 0.15) is 16.3 Å². The average molecular weight is 287 g/mol. The van der Waals surface area contributed by atoms with Gasteiger partial charge in [0.05, 0.1) is 6.42 Å². The number of oxazole rings is 1. The summed E-state index contributed by atoms with van der Waals surface area (Å²) in [6, 6.07) is 9.72. The quantitative estimate of drug-likeness (QED) is 0.793. The van der Waals surface area contributed by atoms with Crippen molar-refractivity contribution in [2.45, 2.75) is 6.42 Å². The minimum atomic E-state index is -1.11. The highest BCUT2D eigenvalue weighted by molar-refractivity contribution is 7.14. The fourth-order valence-corrected chi connectivity index (χ4v) is 2.48. The molecule has 0 saturated carbocycles. The van der Waals surface area contributed by atoms with Crippen LogP contribution in [0.25, 0.3) is 10.6 Å². The van der Waals surface area contributed by atoms with Gasteiger partial charge in [-0.15, -0.1) is 10.2 Å². The second kappa shape index (κ2) is 5.22. The number of hydrogen-bond donors (Lipinski definition) is 1. The summed E-state index contributed by atoms with van der Waals surface area (Å²) < 4.78 is 5.09. The van der Waals surface area contributed by atoms with E-state index in [0.29, 0.717) is 12.3 Å². The van der Waals surface area contributed by atoms with Crippen LogP contribution >= 0.6 is 11.3 Å². The van der Waals surface area contributed by atoms with E-state index in [9.17, 15) is 4.79 Å². The van der Waals surface area contributed by atoms with Gasteiger partial charge in [0.25, 0.3) is 0 Å². The Morgan fingerprint density at radius 2 is 2.05 bits per heavy atom. The summed E-state index contributed by atoms with van der Waals surface area (Å²) in [5, 5.41) is 18.5. The molecule has 0 fully saturated rings. The molecule has 0 aliphatic rings. The molecule has 1 N–H and O–H groups in total. The fourth-order valence-electron chi connectivity index (χ4n) is 1.64. The second-order valence-corrected chi connectivity index (χ2v) is 5.04. The molecule has 100 valence electrons. The van der Waals surface area contributed by atoms with Crippen molar-refractivity contribution in [3.05, 3.63) is 53.2 Å². The number of nitrogens with zero attached hydrogens (tertiary/aromatic N) is 3. The zero-order chi connectivity index (χ0) is 13.9. The van der Waals surface area contributed by atoms with Crippen molar-refractivity contribution in [1.29, 1.82) is 0 Å². The van der Waals surface area contributed by atoms with Crippen LogP contribution < -0.4 is 0 Å². The first-order chi connectivity index (χ1) is 9.72. The Morgan fingerprint density at radius 3 is 2.75 bits per heavy atom. The van der Waals surface area contributed by atoms with Crippen molar-refractivity contribution in [1.82, 2.24) is 15.2 Å². The van der Waals surface area contributed by atoms with E-state index >= 15 is 0 Å². The summed E-state index contributed by atoms with van der Waals surface area (Å²) in [5.74, 6) is -0.791. The predicted octanol–water partition coefficient (Wildman–Crippen LogP) is 2.48. The highest BCUT2D eigenvalue weighted by Crippen LogP contribution is 2.24. The van der Waals surface area contributed by atoms with Gasteiger partial charge in [0, 0.05) is 5.56 Å². The molecule has 0 amide bonds. The lowest BCUT2D eigenvalue weighted by molar-refractivity contribution is 0.0690. The van der Waals surface area contributed by atoms with Crippen LogP contribution in [0.5, 0.6) is 0 Å². The van der Waals surface area contributed by atoms with Gasteiger partial charge < -0.3 is 9.52 Å². The number of carbonyl (C=O) groups is 1. The lowest BCUT2D eigenvalue weighted by atomic mass is 10.2. The zero-order valence-corrected chi connectivity index (χ0v) is 11.0. The smallest absolute Gasteiger partial charge is 0.357 e. The van der Waals surface area contributed by atoms with E-state index in [1.54, 1.807) is 0 Å². The second-order valence-electron chi connectivity index (χ2n) is 3.98. The normalized spacial score (nSPS) is 10.6. The van der Waals surface area contributed by atoms with Gasteiger partial charge in [-0.2, -0.15) is 0 Å². The lowest BCUT2D eigenvalue weighted by Crippen LogP contribution is -1.97. The van der Waals surface area contributed by atoms with Crippen LogP contribution in [0.4, 0.5) is 0 Å². The molecule has 0 bridgehead atoms. The SMILES string of the molecule is O=C(O)c1coc(Cc2nnc(-c3ccccc3)s2)n1. The van der Waals surface area contributed by atoms with Gasteiger partial charge >= 0.3 is 5.97 Å². The van der Waals surface area contributed by atoms with E-state index in [1.807, 2.05) is 30.3 Å². The summed E-state index contributed by atoms with van der Waals surface area (Å²) in [5.41, 5.74) is 0.891. The van der Waals surface area contributed by atoms with E-state index < -0.39 is 5.97 Å². The molecule has 20 heavy (non-hydrogen) atoms. The standard InChI is InChI=1S/C13H9N3O3S/c17-13(18)9-7-19-10(14-9)6-11-15-16-12(20-11)8-4-2-1-3-5-8/h1-5,7H,6H2,(H,17,18). The molecular weight excluding hydrogens is 278 g/mol. The maximum Gasteiger partial charge on any atom is 0.357 e. The summed E-state index contributed by atoms with van der Waals surface area (Å²) in [6.07, 6.45) is 1.45. The summed E-state index contributed by atoms with van der Waals surface area (Å²) in [6.45, 7) is 0. The molecule has 0 spiro atoms. The number of carboxylic acids is 1. The molecule has 2 aromatic heterocycles. The van der Waals surface area contributed by atoms with Gasteiger partial charge in [0.2, 0.25) is 5.89 Å².